The molecule has 0 fully saturated rings. The number of halogens is 2. The van der Waals surface area contributed by atoms with Crippen LogP contribution in [0, 0.1) is 11.7 Å². The number of aryl methyl sites for hydroxylation is 1. The van der Waals surface area contributed by atoms with Crippen LogP contribution in [-0.2, 0) is 6.54 Å². The summed E-state index contributed by atoms with van der Waals surface area (Å²) in [4.78, 5) is 0. The first-order valence-corrected chi connectivity index (χ1v) is 7.85. The summed E-state index contributed by atoms with van der Waals surface area (Å²) in [6.45, 7) is 2.35. The number of aromatic amines is 1. The Balaban J connectivity index is 1.91. The standard InChI is InChI=1S/C14H12Cl2N6S/c1-9-11(6-18-22-8-17-19-14(22)23)13(16)21(20-9)7-10-4-2-3-5-12(10)15/h2-6,8H,7H2,1H3,(H,19,23). The van der Waals surface area contributed by atoms with Gasteiger partial charge in [-0.2, -0.15) is 20.0 Å². The average Bonchev–Trinajstić information content (AvgIpc) is 3.04. The number of hydrogen-bond donors (Lipinski definition) is 1. The van der Waals surface area contributed by atoms with E-state index < -0.39 is 0 Å². The van der Waals surface area contributed by atoms with E-state index in [4.69, 9.17) is 35.4 Å². The number of benzene rings is 1. The summed E-state index contributed by atoms with van der Waals surface area (Å²) in [5.74, 6) is 0. The van der Waals surface area contributed by atoms with Gasteiger partial charge in [-0.05, 0) is 30.8 Å². The molecule has 0 saturated carbocycles. The normalized spacial score (nSPS) is 11.4. The highest BCUT2D eigenvalue weighted by atomic mass is 35.5. The highest BCUT2D eigenvalue weighted by Crippen LogP contribution is 2.22. The lowest BCUT2D eigenvalue weighted by Gasteiger charge is -2.05. The van der Waals surface area contributed by atoms with Gasteiger partial charge in [-0.1, -0.05) is 41.4 Å². The van der Waals surface area contributed by atoms with Crippen LogP contribution in [0.25, 0.3) is 0 Å². The lowest BCUT2D eigenvalue weighted by molar-refractivity contribution is 0.680. The number of nitrogens with zero attached hydrogens (tertiary/aromatic N) is 5. The van der Waals surface area contributed by atoms with E-state index in [0.29, 0.717) is 21.5 Å². The van der Waals surface area contributed by atoms with Gasteiger partial charge in [0.2, 0.25) is 4.77 Å². The first kappa shape index (κ1) is 15.9. The number of H-pyrrole nitrogens is 1. The monoisotopic (exact) mass is 366 g/mol. The number of hydrogen-bond acceptors (Lipinski definition) is 4. The Morgan fingerprint density at radius 3 is 2.83 bits per heavy atom. The molecule has 0 spiro atoms. The van der Waals surface area contributed by atoms with Crippen molar-refractivity contribution >= 4 is 41.6 Å². The molecule has 0 aliphatic rings. The van der Waals surface area contributed by atoms with Crippen molar-refractivity contribution in [3.05, 3.63) is 62.4 Å². The average molecular weight is 367 g/mol. The summed E-state index contributed by atoms with van der Waals surface area (Å²) < 4.78 is 3.53. The van der Waals surface area contributed by atoms with E-state index in [1.807, 2.05) is 31.2 Å². The molecule has 0 saturated heterocycles. The molecule has 0 atom stereocenters. The molecule has 9 heteroatoms. The predicted octanol–water partition coefficient (Wildman–Crippen LogP) is 3.68. The second-order valence-corrected chi connectivity index (χ2v) is 5.94. The molecule has 0 unspecified atom stereocenters. The van der Waals surface area contributed by atoms with Crippen molar-refractivity contribution in [3.63, 3.8) is 0 Å². The molecule has 0 aliphatic carbocycles. The highest BCUT2D eigenvalue weighted by molar-refractivity contribution is 7.71. The summed E-state index contributed by atoms with van der Waals surface area (Å²) in [5.41, 5.74) is 2.43. The highest BCUT2D eigenvalue weighted by Gasteiger charge is 2.13. The Labute approximate surface area is 147 Å². The van der Waals surface area contributed by atoms with Crippen molar-refractivity contribution in [1.29, 1.82) is 0 Å². The van der Waals surface area contributed by atoms with Crippen molar-refractivity contribution in [3.8, 4) is 0 Å². The largest absolute Gasteiger partial charge is 0.250 e. The van der Waals surface area contributed by atoms with E-state index in [1.165, 1.54) is 11.0 Å². The van der Waals surface area contributed by atoms with Crippen LogP contribution in [-0.4, -0.2) is 30.9 Å². The molecule has 2 aromatic heterocycles. The minimum absolute atomic E-state index is 0.401. The van der Waals surface area contributed by atoms with E-state index in [0.717, 1.165) is 16.8 Å². The Morgan fingerprint density at radius 1 is 1.35 bits per heavy atom. The van der Waals surface area contributed by atoms with Crippen LogP contribution in [0.3, 0.4) is 0 Å². The molecule has 0 amide bonds. The molecule has 1 N–H and O–H groups in total. The fraction of sp³-hybridized carbons (Fsp3) is 0.143. The quantitative estimate of drug-likeness (QED) is 0.565. The maximum absolute atomic E-state index is 6.42. The molecule has 2 heterocycles. The summed E-state index contributed by atoms with van der Waals surface area (Å²) >= 11 is 17.6. The van der Waals surface area contributed by atoms with Gasteiger partial charge in [0.1, 0.15) is 11.5 Å². The molecule has 6 nitrogen and oxygen atoms in total. The third-order valence-electron chi connectivity index (χ3n) is 3.23. The second-order valence-electron chi connectivity index (χ2n) is 4.79. The van der Waals surface area contributed by atoms with Crippen LogP contribution in [0.2, 0.25) is 10.2 Å². The summed E-state index contributed by atoms with van der Waals surface area (Å²) in [5, 5.41) is 16.3. The topological polar surface area (TPSA) is 63.8 Å². The van der Waals surface area contributed by atoms with Gasteiger partial charge >= 0.3 is 0 Å². The minimum atomic E-state index is 0.401. The van der Waals surface area contributed by atoms with Crippen molar-refractivity contribution in [2.45, 2.75) is 13.5 Å². The van der Waals surface area contributed by atoms with E-state index in [2.05, 4.69) is 20.4 Å². The third kappa shape index (κ3) is 3.36. The van der Waals surface area contributed by atoms with Crippen molar-refractivity contribution in [2.24, 2.45) is 5.10 Å². The van der Waals surface area contributed by atoms with Crippen LogP contribution in [0.15, 0.2) is 35.7 Å². The van der Waals surface area contributed by atoms with E-state index >= 15 is 0 Å². The summed E-state index contributed by atoms with van der Waals surface area (Å²) in [7, 11) is 0. The Hall–Kier alpha value is -1.96. The molecule has 3 aromatic rings. The zero-order valence-electron chi connectivity index (χ0n) is 12.1. The summed E-state index contributed by atoms with van der Waals surface area (Å²) in [6.07, 6.45) is 3.09. The molecule has 1 aromatic carbocycles. The van der Waals surface area contributed by atoms with Crippen LogP contribution in [0.1, 0.15) is 16.8 Å². The molecule has 0 radical (unpaired) electrons. The van der Waals surface area contributed by atoms with Crippen LogP contribution in [0.4, 0.5) is 0 Å². The minimum Gasteiger partial charge on any atom is -0.250 e. The Kier molecular flexibility index (Phi) is 4.61. The second kappa shape index (κ2) is 6.66. The number of rotatable bonds is 4. The van der Waals surface area contributed by atoms with Crippen molar-refractivity contribution < 1.29 is 0 Å². The lowest BCUT2D eigenvalue weighted by Crippen LogP contribution is -2.02. The van der Waals surface area contributed by atoms with Gasteiger partial charge in [0.25, 0.3) is 0 Å². The first-order valence-electron chi connectivity index (χ1n) is 6.69. The van der Waals surface area contributed by atoms with Gasteiger partial charge in [0.05, 0.1) is 24.0 Å². The van der Waals surface area contributed by atoms with Gasteiger partial charge in [0.15, 0.2) is 0 Å². The number of aromatic nitrogens is 5. The lowest BCUT2D eigenvalue weighted by atomic mass is 10.2. The maximum atomic E-state index is 6.42. The predicted molar refractivity (Wildman–Crippen MR) is 92.9 cm³/mol. The third-order valence-corrected chi connectivity index (χ3v) is 4.28. The Bertz CT molecular complexity index is 923. The molecular weight excluding hydrogens is 355 g/mol. The van der Waals surface area contributed by atoms with E-state index in [9.17, 15) is 0 Å². The van der Waals surface area contributed by atoms with Crippen LogP contribution in [0.5, 0.6) is 0 Å². The van der Waals surface area contributed by atoms with Crippen molar-refractivity contribution in [1.82, 2.24) is 24.7 Å². The molecule has 3 rings (SSSR count). The van der Waals surface area contributed by atoms with E-state index in [-0.39, 0.29) is 0 Å². The zero-order chi connectivity index (χ0) is 16.4. The van der Waals surface area contributed by atoms with Gasteiger partial charge in [0, 0.05) is 5.02 Å². The Morgan fingerprint density at radius 2 is 2.13 bits per heavy atom. The fourth-order valence-electron chi connectivity index (χ4n) is 2.05. The molecule has 23 heavy (non-hydrogen) atoms. The van der Waals surface area contributed by atoms with Gasteiger partial charge < -0.3 is 0 Å². The van der Waals surface area contributed by atoms with E-state index in [1.54, 1.807) is 10.9 Å². The van der Waals surface area contributed by atoms with Gasteiger partial charge in [-0.15, -0.1) is 0 Å². The summed E-state index contributed by atoms with van der Waals surface area (Å²) in [6, 6.07) is 7.58. The maximum Gasteiger partial charge on any atom is 0.216 e. The SMILES string of the molecule is Cc1nn(Cc2ccccc2Cl)c(Cl)c1C=Nn1cn[nH]c1=S. The van der Waals surface area contributed by atoms with Gasteiger partial charge in [-0.25, -0.2) is 4.68 Å². The first-order chi connectivity index (χ1) is 11.1. The fourth-order valence-corrected chi connectivity index (χ4v) is 2.68. The van der Waals surface area contributed by atoms with Crippen LogP contribution >= 0.6 is 35.4 Å². The zero-order valence-corrected chi connectivity index (χ0v) is 14.4. The molecular formula is C14H12Cl2N6S. The molecule has 0 aliphatic heterocycles. The number of nitrogens with one attached hydrogen (secondary N) is 1. The van der Waals surface area contributed by atoms with Crippen LogP contribution < -0.4 is 0 Å². The smallest absolute Gasteiger partial charge is 0.216 e. The molecule has 0 bridgehead atoms. The van der Waals surface area contributed by atoms with Crippen molar-refractivity contribution in [2.75, 3.05) is 0 Å². The molecule has 118 valence electrons. The van der Waals surface area contributed by atoms with Gasteiger partial charge in [-0.3, -0.25) is 5.10 Å².